The molecule has 2 saturated heterocycles. The summed E-state index contributed by atoms with van der Waals surface area (Å²) in [5, 5.41) is 0. The fourth-order valence-electron chi connectivity index (χ4n) is 9.45. The molecule has 0 aromatic heterocycles. The highest BCUT2D eigenvalue weighted by Gasteiger charge is 2.86. The first kappa shape index (κ1) is 25.6. The van der Waals surface area contributed by atoms with E-state index in [9.17, 15) is 9.59 Å². The van der Waals surface area contributed by atoms with Crippen molar-refractivity contribution in [3.8, 4) is 0 Å². The lowest BCUT2D eigenvalue weighted by molar-refractivity contribution is -0.148. The van der Waals surface area contributed by atoms with Gasteiger partial charge in [0.2, 0.25) is 0 Å². The molecule has 0 radical (unpaired) electrons. The maximum Gasteiger partial charge on any atom is 0.338 e. The summed E-state index contributed by atoms with van der Waals surface area (Å²) in [6, 6.07) is 18.2. The van der Waals surface area contributed by atoms with Gasteiger partial charge >= 0.3 is 11.9 Å². The number of benzene rings is 2. The van der Waals surface area contributed by atoms with Crippen LogP contribution in [0.3, 0.4) is 0 Å². The van der Waals surface area contributed by atoms with E-state index in [2.05, 4.69) is 41.5 Å². The summed E-state index contributed by atoms with van der Waals surface area (Å²) < 4.78 is 20.1. The Balaban J connectivity index is 1.45. The quantitative estimate of drug-likeness (QED) is 0.399. The van der Waals surface area contributed by atoms with Gasteiger partial charge in [0.25, 0.3) is 0 Å². The zero-order valence-electron chi connectivity index (χ0n) is 23.4. The maximum absolute atomic E-state index is 13.5. The van der Waals surface area contributed by atoms with E-state index in [-0.39, 0.29) is 45.8 Å². The van der Waals surface area contributed by atoms with Gasteiger partial charge in [0.05, 0.1) is 22.3 Å². The minimum absolute atomic E-state index is 0.219. The second-order valence-electron chi connectivity index (χ2n) is 13.3. The van der Waals surface area contributed by atoms with Gasteiger partial charge in [-0.25, -0.2) is 9.59 Å². The molecule has 2 heterocycles. The number of carbonyl (C=O) groups is 2. The predicted molar refractivity (Wildman–Crippen MR) is 145 cm³/mol. The van der Waals surface area contributed by atoms with Crippen LogP contribution in [0.15, 0.2) is 60.7 Å². The molecular weight excluding hydrogens is 476 g/mol. The van der Waals surface area contributed by atoms with E-state index in [1.165, 1.54) is 0 Å². The third-order valence-electron chi connectivity index (χ3n) is 10.9. The molecule has 4 fully saturated rings. The summed E-state index contributed by atoms with van der Waals surface area (Å²) in [5.74, 6) is 0.355. The minimum Gasteiger partial charge on any atom is -0.454 e. The van der Waals surface area contributed by atoms with Crippen LogP contribution in [0.1, 0.15) is 81.5 Å². The molecule has 2 aromatic rings. The van der Waals surface area contributed by atoms with Crippen LogP contribution < -0.4 is 0 Å². The fourth-order valence-corrected chi connectivity index (χ4v) is 9.45. The number of fused-ring (bicyclic) bond motifs is 9. The van der Waals surface area contributed by atoms with Gasteiger partial charge in [-0.05, 0) is 55.4 Å². The molecule has 0 spiro atoms. The van der Waals surface area contributed by atoms with Crippen LogP contribution in [0.2, 0.25) is 0 Å². The van der Waals surface area contributed by atoms with Gasteiger partial charge in [-0.3, -0.25) is 0 Å². The largest absolute Gasteiger partial charge is 0.454 e. The predicted octanol–water partition coefficient (Wildman–Crippen LogP) is 6.71. The molecule has 0 amide bonds. The molecular formula is C33H40O5. The number of hydrogen-bond donors (Lipinski definition) is 0. The smallest absolute Gasteiger partial charge is 0.338 e. The van der Waals surface area contributed by atoms with Crippen LogP contribution >= 0.6 is 0 Å². The molecule has 4 aliphatic rings. The molecule has 202 valence electrons. The molecule has 2 aliphatic heterocycles. The second kappa shape index (κ2) is 8.42. The highest BCUT2D eigenvalue weighted by molar-refractivity contribution is 5.90. The third-order valence-corrected chi connectivity index (χ3v) is 10.9. The van der Waals surface area contributed by atoms with E-state index < -0.39 is 12.2 Å². The SMILES string of the molecule is CC(C)C12CCC(C(C)C)(O1)C1C2C2(C)CC1(C)C(OC(=O)c1ccccc1)C2OC(=O)c1ccccc1. The average molecular weight is 517 g/mol. The van der Waals surface area contributed by atoms with Crippen molar-refractivity contribution in [2.75, 3.05) is 0 Å². The van der Waals surface area contributed by atoms with Crippen LogP contribution in [0.4, 0.5) is 0 Å². The lowest BCUT2D eigenvalue weighted by Gasteiger charge is -2.54. The summed E-state index contributed by atoms with van der Waals surface area (Å²) >= 11 is 0. The Morgan fingerprint density at radius 2 is 1.08 bits per heavy atom. The van der Waals surface area contributed by atoms with Gasteiger partial charge in [0, 0.05) is 22.7 Å². The zero-order valence-corrected chi connectivity index (χ0v) is 23.4. The first-order valence-electron chi connectivity index (χ1n) is 14.2. The van der Waals surface area contributed by atoms with Crippen molar-refractivity contribution in [2.45, 2.75) is 84.2 Å². The summed E-state index contributed by atoms with van der Waals surface area (Å²) in [5.41, 5.74) is -0.287. The highest BCUT2D eigenvalue weighted by Crippen LogP contribution is 2.81. The monoisotopic (exact) mass is 516 g/mol. The van der Waals surface area contributed by atoms with Crippen LogP contribution in [0.5, 0.6) is 0 Å². The van der Waals surface area contributed by atoms with Crippen molar-refractivity contribution in [2.24, 2.45) is 34.5 Å². The molecule has 4 bridgehead atoms. The van der Waals surface area contributed by atoms with Crippen LogP contribution in [0, 0.1) is 34.5 Å². The fraction of sp³-hybridized carbons (Fsp3) is 0.576. The molecule has 8 unspecified atom stereocenters. The van der Waals surface area contributed by atoms with Gasteiger partial charge in [0.1, 0.15) is 12.2 Å². The molecule has 38 heavy (non-hydrogen) atoms. The van der Waals surface area contributed by atoms with Crippen molar-refractivity contribution >= 4 is 11.9 Å². The van der Waals surface area contributed by atoms with Crippen molar-refractivity contribution in [3.05, 3.63) is 71.8 Å². The molecule has 2 aromatic carbocycles. The number of esters is 2. The maximum atomic E-state index is 13.5. The van der Waals surface area contributed by atoms with E-state index in [4.69, 9.17) is 14.2 Å². The lowest BCUT2D eigenvalue weighted by atomic mass is 9.50. The molecule has 2 aliphatic carbocycles. The lowest BCUT2D eigenvalue weighted by Crippen LogP contribution is -2.62. The Labute approximate surface area is 226 Å². The summed E-state index contributed by atoms with van der Waals surface area (Å²) in [7, 11) is 0. The Bertz CT molecular complexity index is 1150. The normalized spacial score (nSPS) is 40.5. The van der Waals surface area contributed by atoms with E-state index in [1.54, 1.807) is 24.3 Å². The van der Waals surface area contributed by atoms with Crippen molar-refractivity contribution < 1.29 is 23.8 Å². The number of carbonyl (C=O) groups excluding carboxylic acids is 2. The van der Waals surface area contributed by atoms with Gasteiger partial charge in [-0.1, -0.05) is 77.9 Å². The van der Waals surface area contributed by atoms with E-state index in [0.29, 0.717) is 23.0 Å². The molecule has 5 heteroatoms. The third kappa shape index (κ3) is 3.20. The number of rotatable bonds is 6. The zero-order chi connectivity index (χ0) is 27.1. The Morgan fingerprint density at radius 1 is 0.711 bits per heavy atom. The standard InChI is InChI=1S/C33H40O5/c1-20(2)32-17-18-33(38-32,21(3)4)25-24(32)30(5)19-31(25,6)27(37-29(35)23-15-11-8-12-16-23)26(30)36-28(34)22-13-9-7-10-14-22/h7-16,20-21,24-27H,17-19H2,1-6H3. The van der Waals surface area contributed by atoms with Crippen LogP contribution in [0.25, 0.3) is 0 Å². The van der Waals surface area contributed by atoms with E-state index in [1.807, 2.05) is 36.4 Å². The second-order valence-corrected chi connectivity index (χ2v) is 13.3. The summed E-state index contributed by atoms with van der Waals surface area (Å²) in [4.78, 5) is 26.9. The molecule has 2 saturated carbocycles. The molecule has 5 nitrogen and oxygen atoms in total. The van der Waals surface area contributed by atoms with Gasteiger partial charge in [-0.15, -0.1) is 0 Å². The molecule has 6 rings (SSSR count). The van der Waals surface area contributed by atoms with Crippen LogP contribution in [-0.2, 0) is 14.2 Å². The van der Waals surface area contributed by atoms with Crippen LogP contribution in [-0.4, -0.2) is 35.3 Å². The number of hydrogen-bond acceptors (Lipinski definition) is 5. The summed E-state index contributed by atoms with van der Waals surface area (Å²) in [6.07, 6.45) is 1.75. The van der Waals surface area contributed by atoms with Gasteiger partial charge < -0.3 is 14.2 Å². The van der Waals surface area contributed by atoms with Gasteiger partial charge in [-0.2, -0.15) is 0 Å². The Hall–Kier alpha value is -2.66. The average Bonchev–Trinajstić information content (AvgIpc) is 3.59. The first-order chi connectivity index (χ1) is 18.0. The Kier molecular flexibility index (Phi) is 5.67. The number of ether oxygens (including phenoxy) is 3. The Morgan fingerprint density at radius 3 is 1.42 bits per heavy atom. The van der Waals surface area contributed by atoms with Crippen molar-refractivity contribution in [3.63, 3.8) is 0 Å². The molecule has 8 atom stereocenters. The van der Waals surface area contributed by atoms with Crippen molar-refractivity contribution in [1.29, 1.82) is 0 Å². The van der Waals surface area contributed by atoms with E-state index in [0.717, 1.165) is 19.3 Å². The highest BCUT2D eigenvalue weighted by atomic mass is 16.6. The minimum atomic E-state index is -0.558. The summed E-state index contributed by atoms with van der Waals surface area (Å²) in [6.45, 7) is 13.6. The molecule has 0 N–H and O–H groups in total. The van der Waals surface area contributed by atoms with Crippen molar-refractivity contribution in [1.82, 2.24) is 0 Å². The first-order valence-corrected chi connectivity index (χ1v) is 14.2. The topological polar surface area (TPSA) is 61.8 Å². The van der Waals surface area contributed by atoms with Gasteiger partial charge in [0.15, 0.2) is 0 Å². The van der Waals surface area contributed by atoms with E-state index >= 15 is 0 Å².